The molecule has 0 saturated carbocycles. The predicted octanol–water partition coefficient (Wildman–Crippen LogP) is 3.13. The van der Waals surface area contributed by atoms with E-state index in [-0.39, 0.29) is 0 Å². The number of benzene rings is 1. The van der Waals surface area contributed by atoms with Crippen molar-refractivity contribution >= 4 is 11.6 Å². The average molecular weight is 270 g/mol. The fourth-order valence-corrected chi connectivity index (χ4v) is 2.66. The molecular formula is C14H20ClNO2. The summed E-state index contributed by atoms with van der Waals surface area (Å²) in [5.41, 5.74) is 7.92. The molecule has 4 heteroatoms. The normalized spacial score (nSPS) is 14.1. The second-order valence-electron chi connectivity index (χ2n) is 4.82. The molecule has 0 aliphatic carbocycles. The molecule has 18 heavy (non-hydrogen) atoms. The second kappa shape index (κ2) is 5.81. The van der Waals surface area contributed by atoms with Crippen molar-refractivity contribution in [3.8, 4) is 11.5 Å². The molecule has 0 radical (unpaired) electrons. The van der Waals surface area contributed by atoms with Crippen LogP contribution in [0.1, 0.15) is 37.3 Å². The highest BCUT2D eigenvalue weighted by atomic mass is 35.5. The SMILES string of the molecule is CC(C)c1c(CCCN)c(Cl)cc2c1OCCO2. The van der Waals surface area contributed by atoms with Crippen LogP contribution in [0.15, 0.2) is 6.07 Å². The van der Waals surface area contributed by atoms with Gasteiger partial charge in [0.1, 0.15) is 13.2 Å². The quantitative estimate of drug-likeness (QED) is 0.913. The van der Waals surface area contributed by atoms with E-state index in [0.29, 0.717) is 25.7 Å². The fourth-order valence-electron chi connectivity index (χ4n) is 2.36. The van der Waals surface area contributed by atoms with Gasteiger partial charge >= 0.3 is 0 Å². The third kappa shape index (κ3) is 2.57. The highest BCUT2D eigenvalue weighted by Gasteiger charge is 2.23. The van der Waals surface area contributed by atoms with Crippen molar-refractivity contribution in [3.63, 3.8) is 0 Å². The van der Waals surface area contributed by atoms with Gasteiger partial charge in [-0.1, -0.05) is 25.4 Å². The van der Waals surface area contributed by atoms with Crippen molar-refractivity contribution in [3.05, 3.63) is 22.2 Å². The molecule has 1 aromatic rings. The van der Waals surface area contributed by atoms with Gasteiger partial charge in [0.15, 0.2) is 11.5 Å². The smallest absolute Gasteiger partial charge is 0.165 e. The first-order valence-electron chi connectivity index (χ1n) is 6.46. The summed E-state index contributed by atoms with van der Waals surface area (Å²) in [4.78, 5) is 0. The lowest BCUT2D eigenvalue weighted by Gasteiger charge is -2.26. The summed E-state index contributed by atoms with van der Waals surface area (Å²) in [6.07, 6.45) is 1.82. The molecule has 2 rings (SSSR count). The zero-order chi connectivity index (χ0) is 13.1. The Hall–Kier alpha value is -0.930. The number of hydrogen-bond acceptors (Lipinski definition) is 3. The molecular weight excluding hydrogens is 250 g/mol. The van der Waals surface area contributed by atoms with Crippen LogP contribution >= 0.6 is 11.6 Å². The van der Waals surface area contributed by atoms with Gasteiger partial charge in [-0.15, -0.1) is 0 Å². The van der Waals surface area contributed by atoms with Crippen molar-refractivity contribution < 1.29 is 9.47 Å². The number of nitrogens with two attached hydrogens (primary N) is 1. The number of halogens is 1. The summed E-state index contributed by atoms with van der Waals surface area (Å²) in [6, 6.07) is 1.87. The molecule has 0 atom stereocenters. The minimum absolute atomic E-state index is 0.354. The number of fused-ring (bicyclic) bond motifs is 1. The van der Waals surface area contributed by atoms with E-state index in [1.54, 1.807) is 0 Å². The van der Waals surface area contributed by atoms with Gasteiger partial charge in [-0.25, -0.2) is 0 Å². The van der Waals surface area contributed by atoms with Crippen LogP contribution < -0.4 is 15.2 Å². The Balaban J connectivity index is 2.50. The van der Waals surface area contributed by atoms with Crippen LogP contribution in [0.5, 0.6) is 11.5 Å². The van der Waals surface area contributed by atoms with E-state index in [2.05, 4.69) is 13.8 Å². The van der Waals surface area contributed by atoms with Gasteiger partial charge in [0, 0.05) is 16.7 Å². The Kier molecular flexibility index (Phi) is 4.36. The molecule has 0 amide bonds. The Morgan fingerprint density at radius 3 is 2.72 bits per heavy atom. The van der Waals surface area contributed by atoms with Gasteiger partial charge in [-0.3, -0.25) is 0 Å². The summed E-state index contributed by atoms with van der Waals surface area (Å²) in [5.74, 6) is 1.99. The standard InChI is InChI=1S/C14H20ClNO2/c1-9(2)13-10(4-3-5-16)11(15)8-12-14(13)18-7-6-17-12/h8-9H,3-7,16H2,1-2H3. The van der Waals surface area contributed by atoms with E-state index in [1.165, 1.54) is 5.56 Å². The minimum Gasteiger partial charge on any atom is -0.486 e. The molecule has 1 heterocycles. The Labute approximate surface area is 113 Å². The topological polar surface area (TPSA) is 44.5 Å². The van der Waals surface area contributed by atoms with Crippen LogP contribution in [-0.4, -0.2) is 19.8 Å². The summed E-state index contributed by atoms with van der Waals surface area (Å²) in [7, 11) is 0. The van der Waals surface area contributed by atoms with E-state index >= 15 is 0 Å². The van der Waals surface area contributed by atoms with E-state index in [0.717, 1.165) is 34.9 Å². The monoisotopic (exact) mass is 269 g/mol. The molecule has 1 aliphatic rings. The summed E-state index contributed by atoms with van der Waals surface area (Å²) in [6.45, 7) is 6.15. The minimum atomic E-state index is 0.354. The molecule has 1 aliphatic heterocycles. The number of rotatable bonds is 4. The predicted molar refractivity (Wildman–Crippen MR) is 73.9 cm³/mol. The molecule has 0 fully saturated rings. The van der Waals surface area contributed by atoms with E-state index in [4.69, 9.17) is 26.8 Å². The molecule has 0 aromatic heterocycles. The third-order valence-corrected chi connectivity index (χ3v) is 3.47. The lowest BCUT2D eigenvalue weighted by molar-refractivity contribution is 0.169. The van der Waals surface area contributed by atoms with Crippen molar-refractivity contribution in [1.29, 1.82) is 0 Å². The Morgan fingerprint density at radius 1 is 1.33 bits per heavy atom. The van der Waals surface area contributed by atoms with Crippen molar-refractivity contribution in [1.82, 2.24) is 0 Å². The maximum absolute atomic E-state index is 6.37. The molecule has 3 nitrogen and oxygen atoms in total. The first kappa shape index (κ1) is 13.5. The highest BCUT2D eigenvalue weighted by Crippen LogP contribution is 2.43. The summed E-state index contributed by atoms with van der Waals surface area (Å²) >= 11 is 6.37. The highest BCUT2D eigenvalue weighted by molar-refractivity contribution is 6.31. The van der Waals surface area contributed by atoms with E-state index in [1.807, 2.05) is 6.07 Å². The molecule has 0 unspecified atom stereocenters. The third-order valence-electron chi connectivity index (χ3n) is 3.14. The van der Waals surface area contributed by atoms with Crippen LogP contribution in [0.2, 0.25) is 5.02 Å². The van der Waals surface area contributed by atoms with Crippen molar-refractivity contribution in [2.75, 3.05) is 19.8 Å². The van der Waals surface area contributed by atoms with Gasteiger partial charge in [-0.05, 0) is 30.9 Å². The molecule has 2 N–H and O–H groups in total. The van der Waals surface area contributed by atoms with E-state index in [9.17, 15) is 0 Å². The zero-order valence-corrected chi connectivity index (χ0v) is 11.7. The number of ether oxygens (including phenoxy) is 2. The lowest BCUT2D eigenvalue weighted by Crippen LogP contribution is -2.18. The largest absolute Gasteiger partial charge is 0.486 e. The molecule has 0 bridgehead atoms. The van der Waals surface area contributed by atoms with Gasteiger partial charge < -0.3 is 15.2 Å². The first-order chi connectivity index (χ1) is 8.65. The van der Waals surface area contributed by atoms with Crippen molar-refractivity contribution in [2.45, 2.75) is 32.6 Å². The molecule has 0 saturated heterocycles. The summed E-state index contributed by atoms with van der Waals surface area (Å²) < 4.78 is 11.4. The van der Waals surface area contributed by atoms with Crippen LogP contribution in [0.25, 0.3) is 0 Å². The molecule has 100 valence electrons. The number of hydrogen-bond donors (Lipinski definition) is 1. The van der Waals surface area contributed by atoms with Crippen LogP contribution in [0.4, 0.5) is 0 Å². The first-order valence-corrected chi connectivity index (χ1v) is 6.84. The van der Waals surface area contributed by atoms with Gasteiger partial charge in [0.2, 0.25) is 0 Å². The van der Waals surface area contributed by atoms with Gasteiger partial charge in [0.25, 0.3) is 0 Å². The Bertz CT molecular complexity index is 432. The fraction of sp³-hybridized carbons (Fsp3) is 0.571. The van der Waals surface area contributed by atoms with Gasteiger partial charge in [0.05, 0.1) is 0 Å². The zero-order valence-electron chi connectivity index (χ0n) is 11.0. The summed E-state index contributed by atoms with van der Waals surface area (Å²) in [5, 5.41) is 0.761. The van der Waals surface area contributed by atoms with Crippen LogP contribution in [-0.2, 0) is 6.42 Å². The molecule has 1 aromatic carbocycles. The maximum atomic E-state index is 6.37. The van der Waals surface area contributed by atoms with E-state index < -0.39 is 0 Å². The average Bonchev–Trinajstić information content (AvgIpc) is 2.35. The lowest BCUT2D eigenvalue weighted by atomic mass is 9.92. The maximum Gasteiger partial charge on any atom is 0.165 e. The van der Waals surface area contributed by atoms with Crippen LogP contribution in [0, 0.1) is 0 Å². The van der Waals surface area contributed by atoms with Gasteiger partial charge in [-0.2, -0.15) is 0 Å². The molecule has 0 spiro atoms. The second-order valence-corrected chi connectivity index (χ2v) is 5.23. The Morgan fingerprint density at radius 2 is 2.06 bits per heavy atom. The van der Waals surface area contributed by atoms with Crippen LogP contribution in [0.3, 0.4) is 0 Å². The van der Waals surface area contributed by atoms with Crippen molar-refractivity contribution in [2.24, 2.45) is 5.73 Å².